The standard InChI is InChI=1S/C27H28BrN3O2/c28-23-14-5-4-13-22(23)26(32)30-21-12-8-9-19(17-21)18-31(25-16-7-6-15-24(25)29)27(33)20-10-2-1-3-11-20/h1-5,8-14,17,24-25H,6-7,15-16,18,29H2,(H,30,32). The summed E-state index contributed by atoms with van der Waals surface area (Å²) in [7, 11) is 0. The van der Waals surface area contributed by atoms with Crippen molar-refractivity contribution in [2.45, 2.75) is 44.3 Å². The lowest BCUT2D eigenvalue weighted by molar-refractivity contribution is 0.0583. The Kier molecular flexibility index (Phi) is 7.57. The molecular formula is C27H28BrN3O2. The van der Waals surface area contributed by atoms with Crippen molar-refractivity contribution in [1.29, 1.82) is 0 Å². The zero-order valence-corrected chi connectivity index (χ0v) is 20.0. The van der Waals surface area contributed by atoms with E-state index in [2.05, 4.69) is 21.2 Å². The molecule has 0 heterocycles. The third-order valence-corrected chi connectivity index (χ3v) is 6.81. The van der Waals surface area contributed by atoms with Crippen LogP contribution in [-0.4, -0.2) is 28.8 Å². The van der Waals surface area contributed by atoms with Crippen LogP contribution in [0.2, 0.25) is 0 Å². The highest BCUT2D eigenvalue weighted by molar-refractivity contribution is 9.10. The minimum absolute atomic E-state index is 0.00928. The van der Waals surface area contributed by atoms with Crippen LogP contribution in [0.15, 0.2) is 83.3 Å². The van der Waals surface area contributed by atoms with Gasteiger partial charge in [-0.3, -0.25) is 9.59 Å². The van der Waals surface area contributed by atoms with E-state index in [4.69, 9.17) is 5.73 Å². The number of benzene rings is 3. The van der Waals surface area contributed by atoms with E-state index in [1.54, 1.807) is 6.07 Å². The highest BCUT2D eigenvalue weighted by Crippen LogP contribution is 2.26. The smallest absolute Gasteiger partial charge is 0.256 e. The molecule has 2 unspecified atom stereocenters. The number of nitrogens with zero attached hydrogens (tertiary/aromatic N) is 1. The number of halogens is 1. The van der Waals surface area contributed by atoms with Crippen molar-refractivity contribution < 1.29 is 9.59 Å². The Bertz CT molecular complexity index is 1120. The predicted octanol–water partition coefficient (Wildman–Crippen LogP) is 5.61. The van der Waals surface area contributed by atoms with Crippen molar-refractivity contribution in [3.8, 4) is 0 Å². The molecule has 0 radical (unpaired) electrons. The molecule has 1 aliphatic carbocycles. The molecule has 1 saturated carbocycles. The van der Waals surface area contributed by atoms with Gasteiger partial charge < -0.3 is 16.0 Å². The van der Waals surface area contributed by atoms with E-state index in [1.165, 1.54) is 0 Å². The second kappa shape index (κ2) is 10.8. The first kappa shape index (κ1) is 23.2. The molecule has 3 aromatic rings. The fourth-order valence-electron chi connectivity index (χ4n) is 4.40. The van der Waals surface area contributed by atoms with E-state index < -0.39 is 0 Å². The van der Waals surface area contributed by atoms with Crippen molar-refractivity contribution >= 4 is 33.4 Å². The van der Waals surface area contributed by atoms with Gasteiger partial charge in [0.1, 0.15) is 0 Å². The fourth-order valence-corrected chi connectivity index (χ4v) is 4.87. The molecule has 2 amide bonds. The summed E-state index contributed by atoms with van der Waals surface area (Å²) >= 11 is 3.43. The Morgan fingerprint density at radius 1 is 0.939 bits per heavy atom. The summed E-state index contributed by atoms with van der Waals surface area (Å²) in [5, 5.41) is 2.96. The van der Waals surface area contributed by atoms with Crippen LogP contribution < -0.4 is 11.1 Å². The van der Waals surface area contributed by atoms with E-state index in [0.717, 1.165) is 35.7 Å². The average molecular weight is 506 g/mol. The Morgan fingerprint density at radius 2 is 1.67 bits per heavy atom. The average Bonchev–Trinajstić information content (AvgIpc) is 2.84. The van der Waals surface area contributed by atoms with Gasteiger partial charge in [0.2, 0.25) is 0 Å². The summed E-state index contributed by atoms with van der Waals surface area (Å²) in [6.45, 7) is 0.435. The Hall–Kier alpha value is -2.96. The van der Waals surface area contributed by atoms with Crippen LogP contribution in [0.25, 0.3) is 0 Å². The molecule has 3 N–H and O–H groups in total. The summed E-state index contributed by atoms with van der Waals surface area (Å²) in [5.41, 5.74) is 9.33. The Labute approximate surface area is 203 Å². The molecular weight excluding hydrogens is 478 g/mol. The minimum Gasteiger partial charge on any atom is -0.330 e. The van der Waals surface area contributed by atoms with Gasteiger partial charge in [-0.1, -0.05) is 55.3 Å². The van der Waals surface area contributed by atoms with Gasteiger partial charge in [0.05, 0.1) is 5.56 Å². The molecule has 1 aliphatic rings. The number of nitrogens with two attached hydrogens (primary N) is 1. The molecule has 0 saturated heterocycles. The van der Waals surface area contributed by atoms with Crippen molar-refractivity contribution in [3.63, 3.8) is 0 Å². The third-order valence-electron chi connectivity index (χ3n) is 6.12. The summed E-state index contributed by atoms with van der Waals surface area (Å²) in [4.78, 5) is 28.1. The van der Waals surface area contributed by atoms with Crippen LogP contribution in [0.1, 0.15) is 52.0 Å². The molecule has 33 heavy (non-hydrogen) atoms. The second-order valence-electron chi connectivity index (χ2n) is 8.45. The van der Waals surface area contributed by atoms with E-state index >= 15 is 0 Å². The maximum absolute atomic E-state index is 13.5. The molecule has 6 heteroatoms. The number of hydrogen-bond acceptors (Lipinski definition) is 3. The lowest BCUT2D eigenvalue weighted by atomic mass is 9.89. The molecule has 2 atom stereocenters. The van der Waals surface area contributed by atoms with Gasteiger partial charge in [-0.15, -0.1) is 0 Å². The maximum Gasteiger partial charge on any atom is 0.256 e. The molecule has 170 valence electrons. The molecule has 0 aliphatic heterocycles. The fraction of sp³-hybridized carbons (Fsp3) is 0.259. The number of carbonyl (C=O) groups excluding carboxylic acids is 2. The Morgan fingerprint density at radius 3 is 2.42 bits per heavy atom. The molecule has 0 spiro atoms. The summed E-state index contributed by atoms with van der Waals surface area (Å²) in [5.74, 6) is -0.202. The van der Waals surface area contributed by atoms with Crippen LogP contribution in [0.3, 0.4) is 0 Å². The van der Waals surface area contributed by atoms with Crippen LogP contribution >= 0.6 is 15.9 Å². The van der Waals surface area contributed by atoms with Gasteiger partial charge in [-0.25, -0.2) is 0 Å². The number of hydrogen-bond donors (Lipinski definition) is 2. The monoisotopic (exact) mass is 505 g/mol. The number of carbonyl (C=O) groups is 2. The van der Waals surface area contributed by atoms with Gasteiger partial charge in [0.25, 0.3) is 11.8 Å². The Balaban J connectivity index is 1.56. The SMILES string of the molecule is NC1CCCCC1N(Cc1cccc(NC(=O)c2ccccc2Br)c1)C(=O)c1ccccc1. The molecule has 0 bridgehead atoms. The first-order valence-corrected chi connectivity index (χ1v) is 12.1. The van der Waals surface area contributed by atoms with Gasteiger partial charge in [0.15, 0.2) is 0 Å². The van der Waals surface area contributed by atoms with Crippen LogP contribution in [0.5, 0.6) is 0 Å². The van der Waals surface area contributed by atoms with E-state index in [9.17, 15) is 9.59 Å². The zero-order chi connectivity index (χ0) is 23.2. The summed E-state index contributed by atoms with van der Waals surface area (Å²) in [6, 6.07) is 24.3. The second-order valence-corrected chi connectivity index (χ2v) is 9.30. The molecule has 0 aromatic heterocycles. The largest absolute Gasteiger partial charge is 0.330 e. The topological polar surface area (TPSA) is 75.4 Å². The van der Waals surface area contributed by atoms with Crippen molar-refractivity contribution in [2.24, 2.45) is 5.73 Å². The van der Waals surface area contributed by atoms with Gasteiger partial charge >= 0.3 is 0 Å². The zero-order valence-electron chi connectivity index (χ0n) is 18.4. The van der Waals surface area contributed by atoms with E-state index in [1.807, 2.05) is 77.7 Å². The van der Waals surface area contributed by atoms with Crippen LogP contribution in [-0.2, 0) is 6.54 Å². The highest BCUT2D eigenvalue weighted by atomic mass is 79.9. The first-order valence-electron chi connectivity index (χ1n) is 11.3. The van der Waals surface area contributed by atoms with Crippen LogP contribution in [0.4, 0.5) is 5.69 Å². The van der Waals surface area contributed by atoms with Gasteiger partial charge in [-0.2, -0.15) is 0 Å². The molecule has 1 fully saturated rings. The number of amides is 2. The third kappa shape index (κ3) is 5.70. The summed E-state index contributed by atoms with van der Waals surface area (Å²) in [6.07, 6.45) is 3.99. The van der Waals surface area contributed by atoms with E-state index in [-0.39, 0.29) is 23.9 Å². The molecule has 4 rings (SSSR count). The minimum atomic E-state index is -0.189. The maximum atomic E-state index is 13.5. The van der Waals surface area contributed by atoms with Crippen LogP contribution in [0, 0.1) is 0 Å². The van der Waals surface area contributed by atoms with Crippen molar-refractivity contribution in [1.82, 2.24) is 4.90 Å². The number of anilines is 1. The van der Waals surface area contributed by atoms with Crippen molar-refractivity contribution in [3.05, 3.63) is 100 Å². The quantitative estimate of drug-likeness (QED) is 0.456. The predicted molar refractivity (Wildman–Crippen MR) is 135 cm³/mol. The van der Waals surface area contributed by atoms with E-state index in [0.29, 0.717) is 23.4 Å². The summed E-state index contributed by atoms with van der Waals surface area (Å²) < 4.78 is 0.740. The lowest BCUT2D eigenvalue weighted by Crippen LogP contribution is -2.51. The highest BCUT2D eigenvalue weighted by Gasteiger charge is 2.31. The molecule has 5 nitrogen and oxygen atoms in total. The number of rotatable bonds is 6. The number of nitrogens with one attached hydrogen (secondary N) is 1. The van der Waals surface area contributed by atoms with Crippen molar-refractivity contribution in [2.75, 3.05) is 5.32 Å². The lowest BCUT2D eigenvalue weighted by Gasteiger charge is -2.38. The normalized spacial score (nSPS) is 17.9. The van der Waals surface area contributed by atoms with Gasteiger partial charge in [0, 0.05) is 34.4 Å². The first-order chi connectivity index (χ1) is 16.0. The van der Waals surface area contributed by atoms with Gasteiger partial charge in [-0.05, 0) is 70.7 Å². The molecule has 3 aromatic carbocycles.